The van der Waals surface area contributed by atoms with Crippen molar-refractivity contribution in [2.24, 2.45) is 5.92 Å². The maximum atomic E-state index is 3.69. The SMILES string of the molecule is [CH2-]CC([CH2-])C.[CH3-].[Cm].[Cm]. The van der Waals surface area contributed by atoms with Crippen molar-refractivity contribution < 1.29 is 0 Å². The maximum absolute atomic E-state index is 3.69. The molecule has 0 fully saturated rings. The summed E-state index contributed by atoms with van der Waals surface area (Å²) in [7, 11) is 0. The smallest absolute Gasteiger partial charge is 0 e. The van der Waals surface area contributed by atoms with Gasteiger partial charge in [0.15, 0.2) is 0 Å². The monoisotopic (exact) mass is 571 g/mol. The average molecular weight is 579 g/mol. The first-order valence-corrected chi connectivity index (χ1v) is 1.89. The van der Waals surface area contributed by atoms with Gasteiger partial charge in [-0.3, -0.25) is 0 Å². The van der Waals surface area contributed by atoms with Crippen LogP contribution in [-0.2, 0) is 0 Å². The van der Waals surface area contributed by atoms with E-state index in [1.165, 1.54) is 0 Å². The van der Waals surface area contributed by atoms with Crippen molar-refractivity contribution in [1.29, 1.82) is 0 Å². The molecule has 2 heteroatoms. The normalized spacial score (nSPS) is 9.38. The zero-order valence-electron chi connectivity index (χ0n) is 5.41. The molecular formula is C6H13Cm2-3. The van der Waals surface area contributed by atoms with E-state index in [4.69, 9.17) is 0 Å². The molecule has 1 atom stereocenters. The predicted molar refractivity (Wildman–Crippen MR) is 30.9 cm³/mol. The molecule has 0 saturated carbocycles. The minimum atomic E-state index is 0. The largest absolute Gasteiger partial charge is 0.358 e. The number of hydrogen-bond donors (Lipinski definition) is 0. The van der Waals surface area contributed by atoms with Crippen LogP contribution in [0.1, 0.15) is 13.3 Å². The van der Waals surface area contributed by atoms with Crippen LogP contribution in [0.2, 0.25) is 0 Å². The second-order valence-corrected chi connectivity index (χ2v) is 1.39. The summed E-state index contributed by atoms with van der Waals surface area (Å²) in [6.45, 7) is 9.37. The molecule has 0 aromatic heterocycles. The third-order valence-electron chi connectivity index (χ3n) is 0.493. The van der Waals surface area contributed by atoms with E-state index in [1.54, 1.807) is 0 Å². The van der Waals surface area contributed by atoms with Crippen LogP contribution < -0.4 is 0 Å². The summed E-state index contributed by atoms with van der Waals surface area (Å²) in [5, 5.41) is 0. The van der Waals surface area contributed by atoms with Gasteiger partial charge in [0.05, 0.1) is 0 Å². The fourth-order valence-electron chi connectivity index (χ4n) is 0. The summed E-state index contributed by atoms with van der Waals surface area (Å²) < 4.78 is 0. The third kappa shape index (κ3) is 0. The maximum Gasteiger partial charge on any atom is 0 e. The molecule has 1 unspecified atom stereocenters. The summed E-state index contributed by atoms with van der Waals surface area (Å²) in [6, 6.07) is 0. The van der Waals surface area contributed by atoms with Crippen molar-refractivity contribution >= 4 is 0 Å². The van der Waals surface area contributed by atoms with Crippen LogP contribution in [-0.4, -0.2) is 0 Å². The second kappa shape index (κ2) is 20.0. The summed E-state index contributed by atoms with van der Waals surface area (Å²) in [4.78, 5) is 0. The average Bonchev–Trinajstić information content (AvgIpc) is 1.38. The van der Waals surface area contributed by atoms with Gasteiger partial charge in [0.25, 0.3) is 0 Å². The predicted octanol–water partition coefficient (Wildman–Crippen LogP) is 2.13. The topological polar surface area (TPSA) is 0 Å². The Morgan fingerprint density at radius 2 is 1.50 bits per heavy atom. The van der Waals surface area contributed by atoms with E-state index in [9.17, 15) is 0 Å². The molecule has 0 radical (unpaired) electrons. The van der Waals surface area contributed by atoms with Gasteiger partial charge in [-0.1, -0.05) is 6.92 Å². The molecule has 0 N–H and O–H groups in total. The Labute approximate surface area is 41.6 Å². The molecule has 0 heterocycles. The van der Waals surface area contributed by atoms with Crippen LogP contribution in [0.4, 0.5) is 0 Å². The summed E-state index contributed by atoms with van der Waals surface area (Å²) >= 11 is 0. The van der Waals surface area contributed by atoms with Gasteiger partial charge in [0.1, 0.15) is 0 Å². The second-order valence-electron chi connectivity index (χ2n) is 1.39. The van der Waals surface area contributed by atoms with E-state index < -0.39 is 0 Å². The number of rotatable bonds is 1. The Kier molecular flexibility index (Phi) is 93.8. The van der Waals surface area contributed by atoms with Crippen molar-refractivity contribution in [1.82, 2.24) is 0 Å². The van der Waals surface area contributed by atoms with Crippen molar-refractivity contribution in [3.05, 3.63) is 21.3 Å². The van der Waals surface area contributed by atoms with Crippen LogP contribution >= 0.6 is 0 Å². The van der Waals surface area contributed by atoms with Crippen LogP contribution in [0.3, 0.4) is 0 Å². The molecule has 0 nitrogen and oxygen atoms in total. The minimum absolute atomic E-state index is 0. The zero-order valence-corrected chi connectivity index (χ0v) is 11.3. The fraction of sp³-hybridized carbons (Fsp3) is 0.500. The Morgan fingerprint density at radius 1 is 1.38 bits per heavy atom. The van der Waals surface area contributed by atoms with Gasteiger partial charge in [-0.25, -0.2) is 12.3 Å². The van der Waals surface area contributed by atoms with E-state index in [2.05, 4.69) is 13.8 Å². The molecule has 0 rings (SSSR count). The van der Waals surface area contributed by atoms with Gasteiger partial charge >= 0.3 is 0 Å². The van der Waals surface area contributed by atoms with E-state index in [0.29, 0.717) is 5.92 Å². The van der Waals surface area contributed by atoms with Crippen molar-refractivity contribution in [3.63, 3.8) is 0 Å². The van der Waals surface area contributed by atoms with Gasteiger partial charge in [-0.05, 0) is 0 Å². The molecule has 0 aliphatic rings. The first kappa shape index (κ1) is 37.5. The molecule has 0 amide bonds. The molecule has 0 spiro atoms. The molecule has 0 aromatic carbocycles. The molecule has 0 aromatic rings. The van der Waals surface area contributed by atoms with E-state index in [0.717, 1.165) is 6.42 Å². The van der Waals surface area contributed by atoms with Gasteiger partial charge in [-0.15, -0.1) is 0 Å². The minimum Gasteiger partial charge on any atom is -0.358 e. The van der Waals surface area contributed by atoms with E-state index in [-0.39, 0.29) is 7.43 Å². The molecule has 0 bridgehead atoms. The molecule has 0 aliphatic carbocycles. The van der Waals surface area contributed by atoms with Crippen LogP contribution in [0.25, 0.3) is 0 Å². The Morgan fingerprint density at radius 3 is 1.50 bits per heavy atom. The molecule has 56 valence electrons. The van der Waals surface area contributed by atoms with E-state index in [1.807, 2.05) is 6.92 Å². The van der Waals surface area contributed by atoms with Crippen molar-refractivity contribution in [2.45, 2.75) is 13.3 Å². The van der Waals surface area contributed by atoms with Gasteiger partial charge < -0.3 is 21.3 Å². The molecule has 8 heavy (non-hydrogen) atoms. The zero-order chi connectivity index (χ0) is 4.28. The van der Waals surface area contributed by atoms with Crippen LogP contribution in [0, 0.1) is 27.2 Å². The third-order valence-corrected chi connectivity index (χ3v) is 0.493. The Hall–Kier alpha value is -2.00. The standard InChI is InChI=1S/C5H10.CH3.2Cm/c1-4-5(2)3;;;/h5H,1-2,4H2,3H3;1H3;;/q-2;-1;;. The van der Waals surface area contributed by atoms with Crippen molar-refractivity contribution in [2.75, 3.05) is 0 Å². The summed E-state index contributed by atoms with van der Waals surface area (Å²) in [6.07, 6.45) is 0.944. The number of hydrogen-bond acceptors (Lipinski definition) is 0. The van der Waals surface area contributed by atoms with Gasteiger partial charge in [0.2, 0.25) is 0 Å². The summed E-state index contributed by atoms with van der Waals surface area (Å²) in [5.74, 6) is 0.523. The van der Waals surface area contributed by atoms with Gasteiger partial charge in [0, 0.05) is 0 Å². The van der Waals surface area contributed by atoms with E-state index >= 15 is 0 Å². The van der Waals surface area contributed by atoms with Gasteiger partial charge in [-0.2, -0.15) is 0 Å². The first-order chi connectivity index (χ1) is 2.27. The molecular weight excluding hydrogens is 566 g/mol. The van der Waals surface area contributed by atoms with Crippen LogP contribution in [0.15, 0.2) is 0 Å². The summed E-state index contributed by atoms with van der Waals surface area (Å²) in [5.41, 5.74) is 0. The Bertz CT molecular complexity index is 20.5. The van der Waals surface area contributed by atoms with Crippen LogP contribution in [0.5, 0.6) is 0 Å². The molecule has 0 saturated heterocycles. The Balaban J connectivity index is -0.0000000267. The first-order valence-electron chi connectivity index (χ1n) is 1.89. The molecule has 0 aliphatic heterocycles. The fourth-order valence-corrected chi connectivity index (χ4v) is 0. The van der Waals surface area contributed by atoms with Crippen molar-refractivity contribution in [3.8, 4) is 0 Å². The quantitative estimate of drug-likeness (QED) is 0.418.